The Morgan fingerprint density at radius 1 is 1.27 bits per heavy atom. The Kier molecular flexibility index (Phi) is 9.91. The zero-order valence-electron chi connectivity index (χ0n) is 13.3. The van der Waals surface area contributed by atoms with Crippen LogP contribution in [0.25, 0.3) is 0 Å². The van der Waals surface area contributed by atoms with Crippen LogP contribution in [0.4, 0.5) is 0 Å². The van der Waals surface area contributed by atoms with Crippen LogP contribution in [-0.2, 0) is 28.6 Å². The molecule has 0 heterocycles. The van der Waals surface area contributed by atoms with E-state index in [1.165, 1.54) is 4.31 Å². The first kappa shape index (κ1) is 21.9. The van der Waals surface area contributed by atoms with Crippen molar-refractivity contribution in [3.8, 4) is 0 Å². The zero-order valence-corrected chi connectivity index (χ0v) is 15.0. The second-order valence-corrected chi connectivity index (χ2v) is 8.02. The maximum Gasteiger partial charge on any atom is 0.471 e. The Morgan fingerprint density at radius 2 is 1.86 bits per heavy atom. The first-order valence-electron chi connectivity index (χ1n) is 6.88. The summed E-state index contributed by atoms with van der Waals surface area (Å²) in [5, 5.41) is 0. The summed E-state index contributed by atoms with van der Waals surface area (Å²) in [4.78, 5) is 17.1. The van der Waals surface area contributed by atoms with Gasteiger partial charge >= 0.3 is 7.82 Å². The van der Waals surface area contributed by atoms with Crippen LogP contribution >= 0.6 is 7.82 Å². The van der Waals surface area contributed by atoms with Gasteiger partial charge in [0.15, 0.2) is 6.79 Å². The summed E-state index contributed by atoms with van der Waals surface area (Å²) in [5.41, 5.74) is 0. The summed E-state index contributed by atoms with van der Waals surface area (Å²) < 4.78 is 49.9. The molecule has 0 unspecified atom stereocenters. The maximum atomic E-state index is 11.6. The van der Waals surface area contributed by atoms with Gasteiger partial charge in [-0.25, -0.2) is 13.0 Å². The van der Waals surface area contributed by atoms with Gasteiger partial charge in [-0.05, 0) is 13.3 Å². The summed E-state index contributed by atoms with van der Waals surface area (Å²) in [6.45, 7) is 5.21. The Balaban J connectivity index is 4.58. The molecule has 9 nitrogen and oxygen atoms in total. The molecule has 22 heavy (non-hydrogen) atoms. The minimum atomic E-state index is -4.59. The van der Waals surface area contributed by atoms with Crippen LogP contribution in [0.5, 0.6) is 0 Å². The quantitative estimate of drug-likeness (QED) is 0.292. The first-order chi connectivity index (χ1) is 9.99. The molecule has 0 radical (unpaired) electrons. The van der Waals surface area contributed by atoms with Crippen LogP contribution in [0.15, 0.2) is 0 Å². The fraction of sp³-hybridized carbons (Fsp3) is 1.00. The highest BCUT2D eigenvalue weighted by Crippen LogP contribution is 2.35. The van der Waals surface area contributed by atoms with E-state index in [2.05, 4.69) is 4.52 Å². The normalized spacial score (nSPS) is 16.0. The van der Waals surface area contributed by atoms with E-state index in [1.54, 1.807) is 6.92 Å². The molecule has 0 aromatic rings. The fourth-order valence-electron chi connectivity index (χ4n) is 1.57. The third kappa shape index (κ3) is 10.6. The van der Waals surface area contributed by atoms with Gasteiger partial charge < -0.3 is 19.3 Å². The van der Waals surface area contributed by atoms with Crippen molar-refractivity contribution in [3.05, 3.63) is 0 Å². The second kappa shape index (κ2) is 9.94. The van der Waals surface area contributed by atoms with Crippen LogP contribution in [0, 0.1) is 0 Å². The van der Waals surface area contributed by atoms with Gasteiger partial charge in [-0.3, -0.25) is 4.52 Å². The van der Waals surface area contributed by atoms with E-state index >= 15 is 0 Å². The van der Waals surface area contributed by atoms with Gasteiger partial charge in [0.25, 0.3) is 0 Å². The molecule has 0 fully saturated rings. The average molecular weight is 363 g/mol. The van der Waals surface area contributed by atoms with Crippen molar-refractivity contribution in [1.29, 1.82) is 0 Å². The highest BCUT2D eigenvalue weighted by atomic mass is 32.2. The van der Waals surface area contributed by atoms with Crippen LogP contribution in [0.2, 0.25) is 0 Å². The molecule has 2 N–H and O–H groups in total. The van der Waals surface area contributed by atoms with Crippen molar-refractivity contribution in [2.75, 3.05) is 32.7 Å². The molecule has 134 valence electrons. The molecule has 0 saturated heterocycles. The monoisotopic (exact) mass is 363 g/mol. The van der Waals surface area contributed by atoms with Crippen molar-refractivity contribution in [2.24, 2.45) is 0 Å². The van der Waals surface area contributed by atoms with E-state index < -0.39 is 30.7 Å². The summed E-state index contributed by atoms with van der Waals surface area (Å²) in [6.07, 6.45) is 1.18. The van der Waals surface area contributed by atoms with Crippen LogP contribution in [0.1, 0.15) is 27.2 Å². The van der Waals surface area contributed by atoms with Gasteiger partial charge in [-0.2, -0.15) is 4.31 Å². The third-order valence-corrected chi connectivity index (χ3v) is 4.62. The molecule has 0 amide bonds. The SMILES string of the molecule is CC[C@H](C)O[C@H](COCOP(=O)(O)O)CN(CC)S(C)(=O)=O. The molecule has 0 rings (SSSR count). The Hall–Kier alpha value is -0.0600. The average Bonchev–Trinajstić information content (AvgIpc) is 2.37. The minimum absolute atomic E-state index is 0.0453. The van der Waals surface area contributed by atoms with E-state index in [-0.39, 0.29) is 25.8 Å². The molecular weight excluding hydrogens is 337 g/mol. The fourth-order valence-corrected chi connectivity index (χ4v) is 2.69. The largest absolute Gasteiger partial charge is 0.471 e. The zero-order chi connectivity index (χ0) is 17.4. The van der Waals surface area contributed by atoms with E-state index in [1.807, 2.05) is 13.8 Å². The third-order valence-electron chi connectivity index (χ3n) is 2.84. The highest BCUT2D eigenvalue weighted by molar-refractivity contribution is 7.88. The number of phosphoric ester groups is 1. The predicted octanol–water partition coefficient (Wildman–Crippen LogP) is 0.535. The topological polar surface area (TPSA) is 123 Å². The van der Waals surface area contributed by atoms with Gasteiger partial charge in [0.05, 0.1) is 25.1 Å². The van der Waals surface area contributed by atoms with Gasteiger partial charge in [0.2, 0.25) is 10.0 Å². The predicted molar refractivity (Wildman–Crippen MR) is 80.7 cm³/mol. The summed E-state index contributed by atoms with van der Waals surface area (Å²) in [5.74, 6) is 0. The van der Waals surface area contributed by atoms with Gasteiger partial charge in [-0.15, -0.1) is 0 Å². The Bertz CT molecular complexity index is 451. The van der Waals surface area contributed by atoms with Gasteiger partial charge in [0.1, 0.15) is 0 Å². The van der Waals surface area contributed by atoms with Crippen molar-refractivity contribution < 1.29 is 36.8 Å². The summed E-state index contributed by atoms with van der Waals surface area (Å²) in [7, 11) is -7.96. The lowest BCUT2D eigenvalue weighted by atomic mass is 10.3. The summed E-state index contributed by atoms with van der Waals surface area (Å²) in [6, 6.07) is 0. The van der Waals surface area contributed by atoms with Crippen LogP contribution in [-0.4, -0.2) is 67.5 Å². The van der Waals surface area contributed by atoms with E-state index in [9.17, 15) is 13.0 Å². The van der Waals surface area contributed by atoms with Crippen molar-refractivity contribution in [3.63, 3.8) is 0 Å². The van der Waals surface area contributed by atoms with Gasteiger partial charge in [0, 0.05) is 13.1 Å². The van der Waals surface area contributed by atoms with Crippen LogP contribution in [0.3, 0.4) is 0 Å². The molecular formula is C11H26NO8PS. The van der Waals surface area contributed by atoms with E-state index in [4.69, 9.17) is 19.3 Å². The number of rotatable bonds is 12. The number of ether oxygens (including phenoxy) is 2. The van der Waals surface area contributed by atoms with E-state index in [0.717, 1.165) is 12.7 Å². The van der Waals surface area contributed by atoms with Crippen molar-refractivity contribution >= 4 is 17.8 Å². The van der Waals surface area contributed by atoms with Gasteiger partial charge in [-0.1, -0.05) is 13.8 Å². The van der Waals surface area contributed by atoms with Crippen LogP contribution < -0.4 is 0 Å². The first-order valence-corrected chi connectivity index (χ1v) is 10.3. The number of hydrogen-bond donors (Lipinski definition) is 2. The number of sulfonamides is 1. The number of nitrogens with zero attached hydrogens (tertiary/aromatic N) is 1. The highest BCUT2D eigenvalue weighted by Gasteiger charge is 2.23. The molecule has 0 aromatic carbocycles. The van der Waals surface area contributed by atoms with E-state index in [0.29, 0.717) is 0 Å². The lowest BCUT2D eigenvalue weighted by Crippen LogP contribution is -2.41. The number of likely N-dealkylation sites (N-methyl/N-ethyl adjacent to an activating group) is 1. The standard InChI is InChI=1S/C11H26NO8PS/c1-5-10(3)20-11(7-12(6-2)22(4,16)17)8-18-9-19-21(13,14)15/h10-11H,5-9H2,1-4H3,(H2,13,14,15)/t10-,11-/m0/s1. The maximum absolute atomic E-state index is 11.6. The Labute approximate surface area is 131 Å². The lowest BCUT2D eigenvalue weighted by Gasteiger charge is -2.27. The molecule has 11 heteroatoms. The molecule has 0 aliphatic rings. The number of phosphoric acid groups is 1. The lowest BCUT2D eigenvalue weighted by molar-refractivity contribution is -0.0860. The smallest absolute Gasteiger partial charge is 0.372 e. The Morgan fingerprint density at radius 3 is 2.27 bits per heavy atom. The molecule has 2 atom stereocenters. The second-order valence-electron chi connectivity index (χ2n) is 4.80. The van der Waals surface area contributed by atoms with Crippen molar-refractivity contribution in [2.45, 2.75) is 39.4 Å². The van der Waals surface area contributed by atoms with Crippen molar-refractivity contribution in [1.82, 2.24) is 4.31 Å². The minimum Gasteiger partial charge on any atom is -0.372 e. The summed E-state index contributed by atoms with van der Waals surface area (Å²) >= 11 is 0. The molecule has 0 aromatic heterocycles. The molecule has 0 bridgehead atoms. The molecule has 0 saturated carbocycles. The molecule has 0 aliphatic heterocycles. The molecule has 0 spiro atoms. The molecule has 0 aliphatic carbocycles. The number of hydrogen-bond acceptors (Lipinski definition) is 6.